The Morgan fingerprint density at radius 3 is 2.82 bits per heavy atom. The second-order valence-corrected chi connectivity index (χ2v) is 5.35. The van der Waals surface area contributed by atoms with Crippen molar-refractivity contribution in [3.8, 4) is 0 Å². The Labute approximate surface area is 103 Å². The maximum atomic E-state index is 9.86. The first-order valence-electron chi connectivity index (χ1n) is 6.52. The lowest BCUT2D eigenvalue weighted by atomic mass is 10.2. The molecule has 1 fully saturated rings. The van der Waals surface area contributed by atoms with Crippen LogP contribution in [0, 0.1) is 0 Å². The average Bonchev–Trinajstić information content (AvgIpc) is 2.84. The second kappa shape index (κ2) is 5.65. The maximum Gasteiger partial charge on any atom is 0.0722 e. The van der Waals surface area contributed by atoms with E-state index in [9.17, 15) is 5.11 Å². The van der Waals surface area contributed by atoms with Gasteiger partial charge in [-0.25, -0.2) is 0 Å². The van der Waals surface area contributed by atoms with E-state index < -0.39 is 0 Å². The number of rotatable bonds is 5. The van der Waals surface area contributed by atoms with E-state index in [4.69, 9.17) is 0 Å². The summed E-state index contributed by atoms with van der Waals surface area (Å²) in [7, 11) is 3.95. The van der Waals surface area contributed by atoms with Gasteiger partial charge in [0.1, 0.15) is 0 Å². The molecule has 4 nitrogen and oxygen atoms in total. The van der Waals surface area contributed by atoms with Gasteiger partial charge < -0.3 is 10.0 Å². The lowest BCUT2D eigenvalue weighted by Gasteiger charge is -2.14. The lowest BCUT2D eigenvalue weighted by molar-refractivity contribution is 0.136. The fourth-order valence-corrected chi connectivity index (χ4v) is 2.59. The van der Waals surface area contributed by atoms with Crippen LogP contribution in [0.4, 0.5) is 0 Å². The molecule has 1 aliphatic rings. The van der Waals surface area contributed by atoms with Crippen LogP contribution in [0.5, 0.6) is 0 Å². The van der Waals surface area contributed by atoms with E-state index in [1.54, 1.807) is 0 Å². The molecule has 4 heteroatoms. The fourth-order valence-electron chi connectivity index (χ4n) is 2.59. The van der Waals surface area contributed by atoms with Crippen LogP contribution in [0.2, 0.25) is 0 Å². The largest absolute Gasteiger partial charge is 0.391 e. The van der Waals surface area contributed by atoms with E-state index >= 15 is 0 Å². The summed E-state index contributed by atoms with van der Waals surface area (Å²) in [5.74, 6) is 0. The van der Waals surface area contributed by atoms with Crippen molar-refractivity contribution in [2.45, 2.75) is 44.2 Å². The molecule has 1 saturated carbocycles. The number of hydrogen-bond acceptors (Lipinski definition) is 3. The number of aromatic nitrogens is 2. The van der Waals surface area contributed by atoms with Crippen molar-refractivity contribution in [3.63, 3.8) is 0 Å². The summed E-state index contributed by atoms with van der Waals surface area (Å²) < 4.78 is 2.09. The minimum absolute atomic E-state index is 0.322. The number of hydrogen-bond donors (Lipinski definition) is 1. The van der Waals surface area contributed by atoms with Gasteiger partial charge in [-0.05, 0) is 33.0 Å². The van der Waals surface area contributed by atoms with Crippen molar-refractivity contribution in [1.29, 1.82) is 0 Å². The first kappa shape index (κ1) is 12.6. The summed E-state index contributed by atoms with van der Waals surface area (Å²) in [6.07, 6.45) is 7.54. The van der Waals surface area contributed by atoms with Crippen molar-refractivity contribution in [3.05, 3.63) is 18.0 Å². The van der Waals surface area contributed by atoms with Gasteiger partial charge in [-0.3, -0.25) is 4.68 Å². The zero-order valence-electron chi connectivity index (χ0n) is 10.8. The molecule has 0 radical (unpaired) electrons. The molecular weight excluding hydrogens is 214 g/mol. The molecule has 1 heterocycles. The van der Waals surface area contributed by atoms with Crippen LogP contribution in [0.15, 0.2) is 12.3 Å². The summed E-state index contributed by atoms with van der Waals surface area (Å²) >= 11 is 0. The van der Waals surface area contributed by atoms with E-state index in [1.165, 1.54) is 25.7 Å². The van der Waals surface area contributed by atoms with Crippen LogP contribution >= 0.6 is 0 Å². The molecule has 0 saturated heterocycles. The first-order valence-corrected chi connectivity index (χ1v) is 6.52. The van der Waals surface area contributed by atoms with E-state index in [2.05, 4.69) is 16.0 Å². The van der Waals surface area contributed by atoms with Gasteiger partial charge in [0.05, 0.1) is 17.8 Å². The lowest BCUT2D eigenvalue weighted by Crippen LogP contribution is -2.27. The number of nitrogens with zero attached hydrogens (tertiary/aromatic N) is 3. The van der Waals surface area contributed by atoms with Crippen LogP contribution in [0.25, 0.3) is 0 Å². The fraction of sp³-hybridized carbons (Fsp3) is 0.769. The highest BCUT2D eigenvalue weighted by molar-refractivity contribution is 5.02. The Kier molecular flexibility index (Phi) is 4.18. The molecule has 1 atom stereocenters. The average molecular weight is 237 g/mol. The smallest absolute Gasteiger partial charge is 0.0722 e. The van der Waals surface area contributed by atoms with Gasteiger partial charge in [-0.15, -0.1) is 0 Å². The molecule has 0 aromatic carbocycles. The molecule has 0 bridgehead atoms. The third-order valence-electron chi connectivity index (χ3n) is 3.38. The van der Waals surface area contributed by atoms with Crippen LogP contribution in [-0.2, 0) is 6.42 Å². The highest BCUT2D eigenvalue weighted by Gasteiger charge is 2.18. The summed E-state index contributed by atoms with van der Waals surface area (Å²) in [6.45, 7) is 0.691. The molecule has 96 valence electrons. The first-order chi connectivity index (χ1) is 8.15. The predicted molar refractivity (Wildman–Crippen MR) is 68.0 cm³/mol. The molecule has 1 aliphatic carbocycles. The Morgan fingerprint density at radius 2 is 2.18 bits per heavy atom. The highest BCUT2D eigenvalue weighted by atomic mass is 16.3. The normalized spacial score (nSPS) is 19.1. The van der Waals surface area contributed by atoms with Gasteiger partial charge in [0.15, 0.2) is 0 Å². The quantitative estimate of drug-likeness (QED) is 0.843. The molecule has 1 N–H and O–H groups in total. The second-order valence-electron chi connectivity index (χ2n) is 5.35. The standard InChI is InChI=1S/C13H23N3O/c1-15(2)10-13(17)9-11-7-8-16(14-11)12-5-3-4-6-12/h7-8,12-13,17H,3-6,9-10H2,1-2H3. The number of aliphatic hydroxyl groups is 1. The van der Waals surface area contributed by atoms with E-state index in [1.807, 2.05) is 25.1 Å². The third-order valence-corrected chi connectivity index (χ3v) is 3.38. The summed E-state index contributed by atoms with van der Waals surface area (Å²) in [5.41, 5.74) is 1.01. The number of likely N-dealkylation sites (N-methyl/N-ethyl adjacent to an activating group) is 1. The minimum Gasteiger partial charge on any atom is -0.391 e. The van der Waals surface area contributed by atoms with Gasteiger partial charge >= 0.3 is 0 Å². The van der Waals surface area contributed by atoms with E-state index in [0.717, 1.165) is 5.69 Å². The van der Waals surface area contributed by atoms with Gasteiger partial charge in [0, 0.05) is 19.2 Å². The van der Waals surface area contributed by atoms with Crippen LogP contribution in [0.1, 0.15) is 37.4 Å². The van der Waals surface area contributed by atoms with Crippen LogP contribution < -0.4 is 0 Å². The molecule has 0 amide bonds. The molecule has 2 rings (SSSR count). The zero-order chi connectivity index (χ0) is 12.3. The van der Waals surface area contributed by atoms with Crippen molar-refractivity contribution in [1.82, 2.24) is 14.7 Å². The van der Waals surface area contributed by atoms with Crippen molar-refractivity contribution < 1.29 is 5.11 Å². The Bertz CT molecular complexity index is 342. The third kappa shape index (κ3) is 3.54. The van der Waals surface area contributed by atoms with Crippen LogP contribution in [-0.4, -0.2) is 46.5 Å². The van der Waals surface area contributed by atoms with Crippen molar-refractivity contribution in [2.24, 2.45) is 0 Å². The van der Waals surface area contributed by atoms with Gasteiger partial charge in [-0.2, -0.15) is 5.10 Å². The molecule has 1 unspecified atom stereocenters. The SMILES string of the molecule is CN(C)CC(O)Cc1ccn(C2CCCC2)n1. The summed E-state index contributed by atoms with van der Waals surface area (Å²) in [6, 6.07) is 2.63. The highest BCUT2D eigenvalue weighted by Crippen LogP contribution is 2.28. The zero-order valence-corrected chi connectivity index (χ0v) is 10.8. The Morgan fingerprint density at radius 1 is 1.47 bits per heavy atom. The van der Waals surface area contributed by atoms with Crippen molar-refractivity contribution in [2.75, 3.05) is 20.6 Å². The monoisotopic (exact) mass is 237 g/mol. The van der Waals surface area contributed by atoms with E-state index in [0.29, 0.717) is 19.0 Å². The molecular formula is C13H23N3O. The Hall–Kier alpha value is -0.870. The van der Waals surface area contributed by atoms with Crippen LogP contribution in [0.3, 0.4) is 0 Å². The summed E-state index contributed by atoms with van der Waals surface area (Å²) in [4.78, 5) is 2.00. The predicted octanol–water partition coefficient (Wildman–Crippen LogP) is 1.46. The van der Waals surface area contributed by atoms with Gasteiger partial charge in [0.25, 0.3) is 0 Å². The molecule has 17 heavy (non-hydrogen) atoms. The molecule has 1 aromatic heterocycles. The minimum atomic E-state index is -0.322. The van der Waals surface area contributed by atoms with E-state index in [-0.39, 0.29) is 6.10 Å². The molecule has 1 aromatic rings. The maximum absolute atomic E-state index is 9.86. The molecule has 0 aliphatic heterocycles. The van der Waals surface area contributed by atoms with Gasteiger partial charge in [-0.1, -0.05) is 12.8 Å². The topological polar surface area (TPSA) is 41.3 Å². The molecule has 0 spiro atoms. The summed E-state index contributed by atoms with van der Waals surface area (Å²) in [5, 5.41) is 14.4. The van der Waals surface area contributed by atoms with Crippen molar-refractivity contribution >= 4 is 0 Å². The van der Waals surface area contributed by atoms with Gasteiger partial charge in [0.2, 0.25) is 0 Å². The number of aliphatic hydroxyl groups excluding tert-OH is 1. The Balaban J connectivity index is 1.89.